The van der Waals surface area contributed by atoms with E-state index in [4.69, 9.17) is 5.21 Å². The fourth-order valence-corrected chi connectivity index (χ4v) is 1.16. The average Bonchev–Trinajstić information content (AvgIpc) is 2.74. The highest BCUT2D eigenvalue weighted by atomic mass is 19.1. The van der Waals surface area contributed by atoms with Crippen LogP contribution in [0.5, 0.6) is 0 Å². The fourth-order valence-electron chi connectivity index (χ4n) is 1.16. The average molecular weight is 244 g/mol. The Kier molecular flexibility index (Phi) is 3.77. The lowest BCUT2D eigenvalue weighted by Gasteiger charge is -2.21. The summed E-state index contributed by atoms with van der Waals surface area (Å²) < 4.78 is 14.1. The molecule has 0 saturated heterocycles. The smallest absolute Gasteiger partial charge is 0.381 e. The number of halogens is 1. The van der Waals surface area contributed by atoms with E-state index in [2.05, 4.69) is 10.1 Å². The van der Waals surface area contributed by atoms with Crippen molar-refractivity contribution in [2.75, 3.05) is 6.67 Å². The quantitative estimate of drug-likeness (QED) is 0.368. The van der Waals surface area contributed by atoms with Gasteiger partial charge in [-0.15, -0.1) is 0 Å². The molecule has 0 spiro atoms. The molecular weight excluding hydrogens is 231 g/mol. The summed E-state index contributed by atoms with van der Waals surface area (Å²) in [6, 6.07) is 0. The van der Waals surface area contributed by atoms with E-state index in [-0.39, 0.29) is 18.1 Å². The van der Waals surface area contributed by atoms with Gasteiger partial charge >= 0.3 is 5.82 Å². The first-order valence-electron chi connectivity index (χ1n) is 4.84. The largest absolute Gasteiger partial charge is 0.411 e. The molecule has 0 bridgehead atoms. The molecule has 0 aliphatic carbocycles. The Morgan fingerprint density at radius 1 is 1.76 bits per heavy atom. The van der Waals surface area contributed by atoms with Gasteiger partial charge in [0, 0.05) is 5.41 Å². The van der Waals surface area contributed by atoms with Gasteiger partial charge in [0.15, 0.2) is 0 Å². The summed E-state index contributed by atoms with van der Waals surface area (Å²) in [5.74, 6) is -0.305. The van der Waals surface area contributed by atoms with Crippen molar-refractivity contribution in [2.45, 2.75) is 20.4 Å². The molecule has 17 heavy (non-hydrogen) atoms. The minimum absolute atomic E-state index is 0.0499. The predicted octanol–water partition coefficient (Wildman–Crippen LogP) is 1.62. The molecule has 0 unspecified atom stereocenters. The van der Waals surface area contributed by atoms with Gasteiger partial charge in [0.05, 0.1) is 18.9 Å². The third kappa shape index (κ3) is 2.99. The van der Waals surface area contributed by atoms with Crippen LogP contribution in [0.1, 0.15) is 13.8 Å². The van der Waals surface area contributed by atoms with Crippen LogP contribution in [0, 0.1) is 15.5 Å². The molecule has 0 saturated carbocycles. The molecule has 0 atom stereocenters. The first-order chi connectivity index (χ1) is 7.90. The maximum atomic E-state index is 12.7. The Labute approximate surface area is 96.7 Å². The van der Waals surface area contributed by atoms with Gasteiger partial charge in [-0.1, -0.05) is 19.0 Å². The molecule has 8 heteroatoms. The van der Waals surface area contributed by atoms with Crippen LogP contribution in [0.4, 0.5) is 10.2 Å². The molecule has 0 fully saturated rings. The molecule has 0 aromatic carbocycles. The van der Waals surface area contributed by atoms with Gasteiger partial charge in [-0.2, -0.15) is 0 Å². The normalized spacial score (nSPS) is 12.8. The van der Waals surface area contributed by atoms with E-state index in [9.17, 15) is 14.5 Å². The maximum Gasteiger partial charge on any atom is 0.381 e. The number of oxime groups is 1. The zero-order chi connectivity index (χ0) is 13.1. The minimum Gasteiger partial charge on any atom is -0.411 e. The van der Waals surface area contributed by atoms with E-state index in [0.29, 0.717) is 0 Å². The van der Waals surface area contributed by atoms with Crippen molar-refractivity contribution in [3.8, 4) is 0 Å². The van der Waals surface area contributed by atoms with E-state index >= 15 is 0 Å². The van der Waals surface area contributed by atoms with Crippen molar-refractivity contribution in [1.29, 1.82) is 0 Å². The number of alkyl halides is 1. The first-order valence-corrected chi connectivity index (χ1v) is 4.84. The van der Waals surface area contributed by atoms with E-state index in [1.807, 2.05) is 0 Å². The molecule has 1 aromatic rings. The van der Waals surface area contributed by atoms with E-state index < -0.39 is 17.0 Å². The fraction of sp³-hybridized carbons (Fsp3) is 0.556. The standard InChI is InChI=1S/C9H13FN4O3/c1-9(2,5-10)7(12-15)3-13-4-8(11-6-13)14(16)17/h4,6,15H,3,5H2,1-2H3/b12-7-. The molecule has 94 valence electrons. The molecule has 7 nitrogen and oxygen atoms in total. The molecular formula is C9H13FN4O3. The third-order valence-corrected chi connectivity index (χ3v) is 2.38. The molecule has 1 heterocycles. The summed E-state index contributed by atoms with van der Waals surface area (Å²) in [6.07, 6.45) is 2.43. The van der Waals surface area contributed by atoms with Gasteiger partial charge in [0.1, 0.15) is 6.20 Å². The number of nitrogens with zero attached hydrogens (tertiary/aromatic N) is 4. The lowest BCUT2D eigenvalue weighted by Crippen LogP contribution is -2.30. The van der Waals surface area contributed by atoms with E-state index in [0.717, 1.165) is 0 Å². The van der Waals surface area contributed by atoms with Crippen molar-refractivity contribution in [1.82, 2.24) is 9.55 Å². The molecule has 0 aliphatic heterocycles. The van der Waals surface area contributed by atoms with Crippen molar-refractivity contribution in [2.24, 2.45) is 10.6 Å². The van der Waals surface area contributed by atoms with Crippen LogP contribution < -0.4 is 0 Å². The molecule has 1 aromatic heterocycles. The third-order valence-electron chi connectivity index (χ3n) is 2.38. The molecule has 1 rings (SSSR count). The van der Waals surface area contributed by atoms with E-state index in [1.165, 1.54) is 17.1 Å². The van der Waals surface area contributed by atoms with Crippen LogP contribution in [0.25, 0.3) is 0 Å². The second kappa shape index (κ2) is 4.89. The highest BCUT2D eigenvalue weighted by Crippen LogP contribution is 2.20. The number of aromatic nitrogens is 2. The molecule has 0 aliphatic rings. The monoisotopic (exact) mass is 244 g/mol. The van der Waals surface area contributed by atoms with Crippen molar-refractivity contribution < 1.29 is 14.5 Å². The Hall–Kier alpha value is -1.99. The molecule has 1 N–H and O–H groups in total. The summed E-state index contributed by atoms with van der Waals surface area (Å²) in [5, 5.41) is 22.3. The number of imidazole rings is 1. The van der Waals surface area contributed by atoms with Crippen molar-refractivity contribution in [3.05, 3.63) is 22.6 Å². The number of nitro groups is 1. The zero-order valence-electron chi connectivity index (χ0n) is 9.50. The Bertz CT molecular complexity index is 441. The van der Waals surface area contributed by atoms with Crippen LogP contribution >= 0.6 is 0 Å². The number of hydrogen-bond acceptors (Lipinski definition) is 5. The minimum atomic E-state index is -0.923. The van der Waals surface area contributed by atoms with Crippen LogP contribution in [0.15, 0.2) is 17.7 Å². The SMILES string of the molecule is CC(C)(CF)/C(Cn1cnc([N+](=O)[O-])c1)=N\O. The summed E-state index contributed by atoms with van der Waals surface area (Å²) in [4.78, 5) is 13.3. The highest BCUT2D eigenvalue weighted by molar-refractivity contribution is 5.89. The topological polar surface area (TPSA) is 93.5 Å². The Morgan fingerprint density at radius 3 is 2.82 bits per heavy atom. The highest BCUT2D eigenvalue weighted by Gasteiger charge is 2.26. The summed E-state index contributed by atoms with van der Waals surface area (Å²) >= 11 is 0. The predicted molar refractivity (Wildman–Crippen MR) is 57.9 cm³/mol. The van der Waals surface area contributed by atoms with Crippen molar-refractivity contribution in [3.63, 3.8) is 0 Å². The Morgan fingerprint density at radius 2 is 2.41 bits per heavy atom. The summed E-state index contributed by atoms with van der Waals surface area (Å²) in [6.45, 7) is 2.51. The lowest BCUT2D eigenvalue weighted by molar-refractivity contribution is -0.389. The molecule has 0 amide bonds. The van der Waals surface area contributed by atoms with Crippen LogP contribution in [0.2, 0.25) is 0 Å². The van der Waals surface area contributed by atoms with Crippen LogP contribution in [-0.2, 0) is 6.54 Å². The summed E-state index contributed by atoms with van der Waals surface area (Å²) in [5.41, 5.74) is -0.736. The second-order valence-electron chi connectivity index (χ2n) is 4.23. The number of rotatable bonds is 5. The van der Waals surface area contributed by atoms with Gasteiger partial charge in [-0.25, -0.2) is 0 Å². The van der Waals surface area contributed by atoms with Crippen LogP contribution in [0.3, 0.4) is 0 Å². The first kappa shape index (κ1) is 13.1. The van der Waals surface area contributed by atoms with Gasteiger partial charge in [0.25, 0.3) is 0 Å². The summed E-state index contributed by atoms with van der Waals surface area (Å²) in [7, 11) is 0. The van der Waals surface area contributed by atoms with Crippen LogP contribution in [-0.4, -0.2) is 32.1 Å². The van der Waals surface area contributed by atoms with Gasteiger partial charge in [-0.3, -0.25) is 4.39 Å². The van der Waals surface area contributed by atoms with Crippen molar-refractivity contribution >= 4 is 11.5 Å². The van der Waals surface area contributed by atoms with Gasteiger partial charge in [-0.05, 0) is 9.91 Å². The number of hydrogen-bond donors (Lipinski definition) is 1. The molecule has 0 radical (unpaired) electrons. The maximum absolute atomic E-state index is 12.7. The van der Waals surface area contributed by atoms with Gasteiger partial charge < -0.3 is 19.9 Å². The zero-order valence-corrected chi connectivity index (χ0v) is 9.50. The van der Waals surface area contributed by atoms with E-state index in [1.54, 1.807) is 13.8 Å². The second-order valence-corrected chi connectivity index (χ2v) is 4.23. The lowest BCUT2D eigenvalue weighted by atomic mass is 9.89. The van der Waals surface area contributed by atoms with Gasteiger partial charge in [0.2, 0.25) is 6.33 Å². The Balaban J connectivity index is 2.86.